The van der Waals surface area contributed by atoms with Crippen molar-refractivity contribution >= 4 is 11.0 Å². The summed E-state index contributed by atoms with van der Waals surface area (Å²) in [5.41, 5.74) is 6.89. The third kappa shape index (κ3) is 1.62. The first-order valence-corrected chi connectivity index (χ1v) is 6.56. The van der Waals surface area contributed by atoms with Crippen LogP contribution in [0.25, 0.3) is 11.0 Å². The predicted molar refractivity (Wildman–Crippen MR) is 72.0 cm³/mol. The third-order valence-corrected chi connectivity index (χ3v) is 4.20. The predicted octanol–water partition coefficient (Wildman–Crippen LogP) is 3.21. The summed E-state index contributed by atoms with van der Waals surface area (Å²) in [5, 5.41) is 1.10. The Kier molecular flexibility index (Phi) is 2.78. The lowest BCUT2D eigenvalue weighted by Gasteiger charge is -2.24. The normalized spacial score (nSPS) is 18.3. The minimum atomic E-state index is 0.0457. The van der Waals surface area contributed by atoms with Crippen LogP contribution < -0.4 is 10.5 Å². The first-order chi connectivity index (χ1) is 8.79. The van der Waals surface area contributed by atoms with Crippen LogP contribution >= 0.6 is 0 Å². The molecule has 1 aliphatic rings. The molecule has 1 saturated carbocycles. The number of methoxy groups -OCH3 is 1. The highest BCUT2D eigenvalue weighted by Gasteiger charge is 2.37. The average molecular weight is 245 g/mol. The summed E-state index contributed by atoms with van der Waals surface area (Å²) in [4.78, 5) is 0. The molecule has 1 aliphatic carbocycles. The maximum absolute atomic E-state index is 6.06. The number of hydrogen-bond acceptors (Lipinski definition) is 3. The molecule has 96 valence electrons. The van der Waals surface area contributed by atoms with E-state index in [9.17, 15) is 0 Å². The molecule has 1 aromatic carbocycles. The molecule has 0 atom stereocenters. The van der Waals surface area contributed by atoms with Crippen LogP contribution in [0.3, 0.4) is 0 Å². The zero-order valence-electron chi connectivity index (χ0n) is 10.7. The number of fused-ring (bicyclic) bond motifs is 1. The molecule has 0 radical (unpaired) electrons. The summed E-state index contributed by atoms with van der Waals surface area (Å²) in [5.74, 6) is 1.82. The van der Waals surface area contributed by atoms with Gasteiger partial charge in [-0.25, -0.2) is 0 Å². The number of benzene rings is 1. The number of ether oxygens (including phenoxy) is 1. The molecule has 0 saturated heterocycles. The molecule has 0 amide bonds. The van der Waals surface area contributed by atoms with Gasteiger partial charge in [-0.15, -0.1) is 0 Å². The fourth-order valence-electron chi connectivity index (χ4n) is 3.06. The van der Waals surface area contributed by atoms with Gasteiger partial charge in [-0.3, -0.25) is 0 Å². The van der Waals surface area contributed by atoms with Crippen molar-refractivity contribution < 1.29 is 9.15 Å². The van der Waals surface area contributed by atoms with Crippen LogP contribution in [-0.2, 0) is 5.41 Å². The number of hydrogen-bond donors (Lipinski definition) is 1. The van der Waals surface area contributed by atoms with E-state index in [4.69, 9.17) is 14.9 Å². The van der Waals surface area contributed by atoms with Crippen molar-refractivity contribution in [2.24, 2.45) is 5.73 Å². The molecule has 1 heterocycles. The maximum Gasteiger partial charge on any atom is 0.176 e. The molecule has 0 aliphatic heterocycles. The Bertz CT molecular complexity index is 553. The Morgan fingerprint density at radius 1 is 1.33 bits per heavy atom. The molecular weight excluding hydrogens is 226 g/mol. The SMILES string of the molecule is COc1cccc2cc(C3(CN)CCCC3)oc12. The zero-order valence-corrected chi connectivity index (χ0v) is 10.7. The molecule has 0 bridgehead atoms. The maximum atomic E-state index is 6.06. The van der Waals surface area contributed by atoms with Crippen LogP contribution in [0, 0.1) is 0 Å². The van der Waals surface area contributed by atoms with E-state index in [1.54, 1.807) is 7.11 Å². The summed E-state index contributed by atoms with van der Waals surface area (Å²) in [6, 6.07) is 8.11. The number of nitrogens with two attached hydrogens (primary N) is 1. The lowest BCUT2D eigenvalue weighted by atomic mass is 9.83. The second-order valence-corrected chi connectivity index (χ2v) is 5.18. The molecule has 1 aromatic heterocycles. The third-order valence-electron chi connectivity index (χ3n) is 4.20. The smallest absolute Gasteiger partial charge is 0.176 e. The van der Waals surface area contributed by atoms with Crippen LogP contribution in [-0.4, -0.2) is 13.7 Å². The molecular formula is C15H19NO2. The van der Waals surface area contributed by atoms with Gasteiger partial charge in [0.1, 0.15) is 5.76 Å². The molecule has 0 unspecified atom stereocenters. The fraction of sp³-hybridized carbons (Fsp3) is 0.467. The van der Waals surface area contributed by atoms with E-state index in [1.165, 1.54) is 12.8 Å². The second kappa shape index (κ2) is 4.32. The quantitative estimate of drug-likeness (QED) is 0.903. The summed E-state index contributed by atoms with van der Waals surface area (Å²) in [6.45, 7) is 0.662. The van der Waals surface area contributed by atoms with E-state index in [2.05, 4.69) is 12.1 Å². The Hall–Kier alpha value is -1.48. The molecule has 2 aromatic rings. The largest absolute Gasteiger partial charge is 0.493 e. The van der Waals surface area contributed by atoms with Gasteiger partial charge >= 0.3 is 0 Å². The summed E-state index contributed by atoms with van der Waals surface area (Å²) >= 11 is 0. The average Bonchev–Trinajstić information content (AvgIpc) is 3.04. The molecule has 0 spiro atoms. The van der Waals surface area contributed by atoms with Crippen molar-refractivity contribution in [2.75, 3.05) is 13.7 Å². The Morgan fingerprint density at radius 2 is 2.11 bits per heavy atom. The van der Waals surface area contributed by atoms with Gasteiger partial charge in [0.15, 0.2) is 11.3 Å². The number of furan rings is 1. The summed E-state index contributed by atoms with van der Waals surface area (Å²) < 4.78 is 11.4. The lowest BCUT2D eigenvalue weighted by Crippen LogP contribution is -2.31. The van der Waals surface area contributed by atoms with Crippen molar-refractivity contribution in [2.45, 2.75) is 31.1 Å². The first kappa shape index (κ1) is 11.6. The van der Waals surface area contributed by atoms with E-state index in [0.29, 0.717) is 6.54 Å². The number of para-hydroxylation sites is 1. The van der Waals surface area contributed by atoms with Gasteiger partial charge in [-0.1, -0.05) is 25.0 Å². The van der Waals surface area contributed by atoms with Crippen molar-refractivity contribution in [1.82, 2.24) is 0 Å². The van der Waals surface area contributed by atoms with Crippen molar-refractivity contribution in [3.8, 4) is 5.75 Å². The van der Waals surface area contributed by atoms with Crippen LogP contribution in [0.5, 0.6) is 5.75 Å². The minimum Gasteiger partial charge on any atom is -0.493 e. The fourth-order valence-corrected chi connectivity index (χ4v) is 3.06. The topological polar surface area (TPSA) is 48.4 Å². The van der Waals surface area contributed by atoms with Gasteiger partial charge in [-0.05, 0) is 25.0 Å². The van der Waals surface area contributed by atoms with Gasteiger partial charge in [0.2, 0.25) is 0 Å². The highest BCUT2D eigenvalue weighted by atomic mass is 16.5. The molecule has 3 rings (SSSR count). The Morgan fingerprint density at radius 3 is 2.78 bits per heavy atom. The van der Waals surface area contributed by atoms with Crippen LogP contribution in [0.1, 0.15) is 31.4 Å². The van der Waals surface area contributed by atoms with E-state index in [1.807, 2.05) is 12.1 Å². The van der Waals surface area contributed by atoms with Gasteiger partial charge in [0, 0.05) is 17.3 Å². The minimum absolute atomic E-state index is 0.0457. The highest BCUT2D eigenvalue weighted by Crippen LogP contribution is 2.43. The molecule has 3 nitrogen and oxygen atoms in total. The first-order valence-electron chi connectivity index (χ1n) is 6.56. The van der Waals surface area contributed by atoms with Crippen molar-refractivity contribution in [3.63, 3.8) is 0 Å². The summed E-state index contributed by atoms with van der Waals surface area (Å²) in [7, 11) is 1.67. The van der Waals surface area contributed by atoms with E-state index in [0.717, 1.165) is 35.3 Å². The highest BCUT2D eigenvalue weighted by molar-refractivity contribution is 5.84. The monoisotopic (exact) mass is 245 g/mol. The van der Waals surface area contributed by atoms with E-state index < -0.39 is 0 Å². The molecule has 2 N–H and O–H groups in total. The summed E-state index contributed by atoms with van der Waals surface area (Å²) in [6.07, 6.45) is 4.74. The van der Waals surface area contributed by atoms with Crippen molar-refractivity contribution in [1.29, 1.82) is 0 Å². The van der Waals surface area contributed by atoms with Crippen LogP contribution in [0.4, 0.5) is 0 Å². The lowest BCUT2D eigenvalue weighted by molar-refractivity contribution is 0.351. The van der Waals surface area contributed by atoms with Crippen LogP contribution in [0.15, 0.2) is 28.7 Å². The second-order valence-electron chi connectivity index (χ2n) is 5.18. The standard InChI is InChI=1S/C15H19NO2/c1-17-12-6-4-5-11-9-13(18-14(11)12)15(10-16)7-2-3-8-15/h4-6,9H,2-3,7-8,10,16H2,1H3. The molecule has 1 fully saturated rings. The zero-order chi connectivity index (χ0) is 12.6. The Labute approximate surface area is 107 Å². The van der Waals surface area contributed by atoms with Gasteiger partial charge in [0.25, 0.3) is 0 Å². The molecule has 3 heteroatoms. The van der Waals surface area contributed by atoms with E-state index in [-0.39, 0.29) is 5.41 Å². The number of rotatable bonds is 3. The van der Waals surface area contributed by atoms with Gasteiger partial charge in [0.05, 0.1) is 7.11 Å². The van der Waals surface area contributed by atoms with Crippen molar-refractivity contribution in [3.05, 3.63) is 30.0 Å². The molecule has 18 heavy (non-hydrogen) atoms. The van der Waals surface area contributed by atoms with Crippen LogP contribution in [0.2, 0.25) is 0 Å². The van der Waals surface area contributed by atoms with E-state index >= 15 is 0 Å². The van der Waals surface area contributed by atoms with Gasteiger partial charge < -0.3 is 14.9 Å². The Balaban J connectivity index is 2.13. The van der Waals surface area contributed by atoms with Gasteiger partial charge in [-0.2, -0.15) is 0 Å².